The normalized spacial score (nSPS) is 12.5. The quantitative estimate of drug-likeness (QED) is 0.326. The van der Waals surface area contributed by atoms with Crippen LogP contribution in [0.25, 0.3) is 11.5 Å². The number of ketones is 1. The molecule has 0 radical (unpaired) electrons. The Balaban J connectivity index is 1.68. The maximum Gasteiger partial charge on any atom is 0.408 e. The molecule has 2 heterocycles. The summed E-state index contributed by atoms with van der Waals surface area (Å²) < 4.78 is 10.9. The Morgan fingerprint density at radius 1 is 0.973 bits per heavy atom. The largest absolute Gasteiger partial charge is 0.445 e. The third-order valence-electron chi connectivity index (χ3n) is 5.57. The number of nitrogens with one attached hydrogen (secondary N) is 2. The van der Waals surface area contributed by atoms with Gasteiger partial charge in [0.15, 0.2) is 0 Å². The number of benzene rings is 1. The molecule has 196 valence electrons. The number of rotatable bonds is 13. The molecule has 37 heavy (non-hydrogen) atoms. The molecule has 0 fully saturated rings. The van der Waals surface area contributed by atoms with Crippen LogP contribution in [0.3, 0.4) is 0 Å². The van der Waals surface area contributed by atoms with E-state index in [-0.39, 0.29) is 24.3 Å². The van der Waals surface area contributed by atoms with Crippen LogP contribution < -0.4 is 10.6 Å². The number of hydrogen-bond donors (Lipinski definition) is 2. The van der Waals surface area contributed by atoms with Crippen LogP contribution in [0.5, 0.6) is 0 Å². The summed E-state index contributed by atoms with van der Waals surface area (Å²) in [5.41, 5.74) is 1.46. The zero-order valence-electron chi connectivity index (χ0n) is 21.3. The second-order valence-electron chi connectivity index (χ2n) is 9.10. The van der Waals surface area contributed by atoms with Crippen LogP contribution >= 0.6 is 0 Å². The molecular weight excluding hydrogens is 474 g/mol. The lowest BCUT2D eigenvalue weighted by molar-refractivity contribution is -0.124. The van der Waals surface area contributed by atoms with Crippen LogP contribution in [0.2, 0.25) is 0 Å². The molecule has 0 aliphatic rings. The van der Waals surface area contributed by atoms with Crippen molar-refractivity contribution in [3.63, 3.8) is 0 Å². The van der Waals surface area contributed by atoms with Gasteiger partial charge in [-0.2, -0.15) is 0 Å². The molecule has 0 aliphatic heterocycles. The highest BCUT2D eigenvalue weighted by atomic mass is 16.5. The maximum absolute atomic E-state index is 13.2. The lowest BCUT2D eigenvalue weighted by atomic mass is 10.0. The van der Waals surface area contributed by atoms with Gasteiger partial charge >= 0.3 is 6.09 Å². The first-order chi connectivity index (χ1) is 17.9. The lowest BCUT2D eigenvalue weighted by Gasteiger charge is -2.23. The highest BCUT2D eigenvalue weighted by Crippen LogP contribution is 2.18. The molecule has 1 aromatic carbocycles. The summed E-state index contributed by atoms with van der Waals surface area (Å²) in [4.78, 5) is 42.8. The fourth-order valence-electron chi connectivity index (χ4n) is 3.64. The van der Waals surface area contributed by atoms with Crippen molar-refractivity contribution in [1.29, 1.82) is 0 Å². The molecule has 3 aromatic rings. The number of Topliss-reactive ketones (excluding diaryl/α,β-unsaturated/α-hetero) is 1. The summed E-state index contributed by atoms with van der Waals surface area (Å²) >= 11 is 0. The van der Waals surface area contributed by atoms with Gasteiger partial charge < -0.3 is 19.8 Å². The van der Waals surface area contributed by atoms with Gasteiger partial charge in [-0.15, -0.1) is 10.2 Å². The van der Waals surface area contributed by atoms with Crippen LogP contribution in [-0.4, -0.2) is 45.0 Å². The molecule has 0 saturated carbocycles. The predicted octanol–water partition coefficient (Wildman–Crippen LogP) is 4.33. The number of aromatic nitrogens is 3. The number of carbonyl (C=O) groups is 3. The van der Waals surface area contributed by atoms with Crippen molar-refractivity contribution in [3.05, 3.63) is 66.3 Å². The number of amides is 2. The molecule has 2 aromatic heterocycles. The molecule has 2 atom stereocenters. The Labute approximate surface area is 216 Å². The van der Waals surface area contributed by atoms with Crippen LogP contribution in [0.4, 0.5) is 4.79 Å². The summed E-state index contributed by atoms with van der Waals surface area (Å²) in [7, 11) is 0. The molecule has 2 N–H and O–H groups in total. The van der Waals surface area contributed by atoms with Gasteiger partial charge in [-0.1, -0.05) is 63.9 Å². The molecule has 10 heteroatoms. The van der Waals surface area contributed by atoms with E-state index in [1.165, 1.54) is 0 Å². The Morgan fingerprint density at radius 3 is 2.38 bits per heavy atom. The van der Waals surface area contributed by atoms with Gasteiger partial charge in [-0.3, -0.25) is 14.6 Å². The van der Waals surface area contributed by atoms with Crippen LogP contribution in [0.1, 0.15) is 62.7 Å². The summed E-state index contributed by atoms with van der Waals surface area (Å²) in [5, 5.41) is 13.3. The SMILES string of the molecule is CCCCC(NC(=O)[C@H](CC(C)C)NC(=O)OCc1ccccc1)C(=O)c1nnc(-c2ccncc2)o1. The second-order valence-corrected chi connectivity index (χ2v) is 9.10. The van der Waals surface area contributed by atoms with E-state index in [1.807, 2.05) is 51.1 Å². The Bertz CT molecular complexity index is 1150. The number of unbranched alkanes of at least 4 members (excludes halogenated alkanes) is 1. The first kappa shape index (κ1) is 27.5. The van der Waals surface area contributed by atoms with Crippen molar-refractivity contribution >= 4 is 17.8 Å². The third kappa shape index (κ3) is 8.52. The molecule has 2 amide bonds. The van der Waals surface area contributed by atoms with E-state index in [4.69, 9.17) is 9.15 Å². The van der Waals surface area contributed by atoms with E-state index in [0.29, 0.717) is 24.8 Å². The third-order valence-corrected chi connectivity index (χ3v) is 5.57. The highest BCUT2D eigenvalue weighted by Gasteiger charge is 2.30. The highest BCUT2D eigenvalue weighted by molar-refractivity contribution is 5.99. The first-order valence-corrected chi connectivity index (χ1v) is 12.4. The van der Waals surface area contributed by atoms with E-state index >= 15 is 0 Å². The minimum atomic E-state index is -0.880. The van der Waals surface area contributed by atoms with E-state index in [0.717, 1.165) is 12.0 Å². The minimum absolute atomic E-state index is 0.0806. The molecular formula is C27H33N5O5. The average Bonchev–Trinajstić information content (AvgIpc) is 3.40. The predicted molar refractivity (Wildman–Crippen MR) is 136 cm³/mol. The van der Waals surface area contributed by atoms with Crippen molar-refractivity contribution in [2.45, 2.75) is 65.1 Å². The summed E-state index contributed by atoms with van der Waals surface area (Å²) in [6, 6.07) is 10.9. The lowest BCUT2D eigenvalue weighted by Crippen LogP contribution is -2.52. The number of hydrogen-bond acceptors (Lipinski definition) is 8. The van der Waals surface area contributed by atoms with Crippen molar-refractivity contribution in [2.24, 2.45) is 5.92 Å². The van der Waals surface area contributed by atoms with Gasteiger partial charge in [0.2, 0.25) is 17.6 Å². The summed E-state index contributed by atoms with van der Waals surface area (Å²) in [6.07, 6.45) is 4.74. The van der Waals surface area contributed by atoms with E-state index in [9.17, 15) is 14.4 Å². The van der Waals surface area contributed by atoms with Crippen molar-refractivity contribution in [1.82, 2.24) is 25.8 Å². The maximum atomic E-state index is 13.2. The van der Waals surface area contributed by atoms with Gasteiger partial charge in [0.05, 0.1) is 6.04 Å². The average molecular weight is 508 g/mol. The van der Waals surface area contributed by atoms with Crippen LogP contribution in [0, 0.1) is 5.92 Å². The van der Waals surface area contributed by atoms with E-state index in [1.54, 1.807) is 24.5 Å². The summed E-state index contributed by atoms with van der Waals surface area (Å²) in [6.45, 7) is 5.95. The van der Waals surface area contributed by atoms with Gasteiger partial charge in [0.1, 0.15) is 12.6 Å². The molecule has 0 spiro atoms. The molecule has 0 saturated heterocycles. The first-order valence-electron chi connectivity index (χ1n) is 12.4. The number of carbonyl (C=O) groups excluding carboxylic acids is 3. The van der Waals surface area contributed by atoms with Crippen LogP contribution in [0.15, 0.2) is 59.3 Å². The monoisotopic (exact) mass is 507 g/mol. The Morgan fingerprint density at radius 2 is 1.70 bits per heavy atom. The molecule has 0 aliphatic carbocycles. The smallest absolute Gasteiger partial charge is 0.408 e. The number of ether oxygens (including phenoxy) is 1. The number of alkyl carbamates (subject to hydrolysis) is 1. The van der Waals surface area contributed by atoms with Gasteiger partial charge in [0, 0.05) is 18.0 Å². The zero-order chi connectivity index (χ0) is 26.6. The molecule has 1 unspecified atom stereocenters. The fraction of sp³-hybridized carbons (Fsp3) is 0.407. The van der Waals surface area contributed by atoms with Gasteiger partial charge in [-0.25, -0.2) is 4.79 Å². The number of nitrogens with zero attached hydrogens (tertiary/aromatic N) is 3. The summed E-state index contributed by atoms with van der Waals surface area (Å²) in [5.74, 6) is -0.859. The molecule has 0 bridgehead atoms. The topological polar surface area (TPSA) is 136 Å². The zero-order valence-corrected chi connectivity index (χ0v) is 21.3. The fourth-order valence-corrected chi connectivity index (χ4v) is 3.64. The van der Waals surface area contributed by atoms with Gasteiger partial charge in [-0.05, 0) is 36.5 Å². The van der Waals surface area contributed by atoms with Crippen LogP contribution in [-0.2, 0) is 16.1 Å². The van der Waals surface area contributed by atoms with Crippen molar-refractivity contribution in [3.8, 4) is 11.5 Å². The van der Waals surface area contributed by atoms with E-state index < -0.39 is 29.9 Å². The standard InChI is InChI=1S/C27H33N5O5/c1-4-5-11-21(23(33)26-32-31-25(37-26)20-12-14-28-15-13-20)29-24(34)22(16-18(2)3)30-27(35)36-17-19-9-7-6-8-10-19/h6-10,12-15,18,21-22H,4-5,11,16-17H2,1-3H3,(H,29,34)(H,30,35)/t21?,22-/m0/s1. The number of pyridine rings is 1. The van der Waals surface area contributed by atoms with Crippen molar-refractivity contribution in [2.75, 3.05) is 0 Å². The minimum Gasteiger partial charge on any atom is -0.445 e. The van der Waals surface area contributed by atoms with Gasteiger partial charge in [0.25, 0.3) is 5.89 Å². The van der Waals surface area contributed by atoms with E-state index in [2.05, 4.69) is 25.8 Å². The Kier molecular flexibility index (Phi) is 10.3. The second kappa shape index (κ2) is 13.9. The van der Waals surface area contributed by atoms with Crippen molar-refractivity contribution < 1.29 is 23.5 Å². The molecule has 10 nitrogen and oxygen atoms in total. The molecule has 3 rings (SSSR count). The Hall–Kier alpha value is -4.08.